The first-order valence-electron chi connectivity index (χ1n) is 8.55. The van der Waals surface area contributed by atoms with Crippen LogP contribution in [0.4, 0.5) is 0 Å². The molecule has 1 aromatic rings. The van der Waals surface area contributed by atoms with Crippen LogP contribution in [0.15, 0.2) is 24.3 Å². The number of rotatable bonds is 4. The molecule has 0 spiro atoms. The van der Waals surface area contributed by atoms with E-state index in [-0.39, 0.29) is 17.2 Å². The fourth-order valence-corrected chi connectivity index (χ4v) is 4.55. The third kappa shape index (κ3) is 3.77. The van der Waals surface area contributed by atoms with Crippen molar-refractivity contribution < 1.29 is 14.3 Å². The summed E-state index contributed by atoms with van der Waals surface area (Å²) in [6.07, 6.45) is 0. The van der Waals surface area contributed by atoms with Crippen LogP contribution in [0.25, 0.3) is 0 Å². The molecule has 1 aromatic carbocycles. The molecule has 2 heterocycles. The van der Waals surface area contributed by atoms with E-state index in [2.05, 4.69) is 11.9 Å². The molecule has 0 radical (unpaired) electrons. The average molecular weight is 363 g/mol. The minimum atomic E-state index is -0.446. The number of piperazine rings is 1. The minimum Gasteiger partial charge on any atom is -0.497 e. The number of benzene rings is 1. The molecule has 7 heteroatoms. The summed E-state index contributed by atoms with van der Waals surface area (Å²) in [6, 6.07) is 7.27. The molecule has 0 aliphatic carbocycles. The van der Waals surface area contributed by atoms with E-state index >= 15 is 0 Å². The quantitative estimate of drug-likeness (QED) is 0.810. The van der Waals surface area contributed by atoms with Crippen LogP contribution in [0.2, 0.25) is 0 Å². The van der Waals surface area contributed by atoms with Crippen LogP contribution in [0, 0.1) is 0 Å². The normalized spacial score (nSPS) is 23.0. The molecule has 0 bridgehead atoms. The van der Waals surface area contributed by atoms with Crippen LogP contribution in [0.3, 0.4) is 0 Å². The maximum atomic E-state index is 12.9. The van der Waals surface area contributed by atoms with Gasteiger partial charge in [-0.15, -0.1) is 11.8 Å². The van der Waals surface area contributed by atoms with Crippen LogP contribution in [-0.4, -0.2) is 78.6 Å². The summed E-state index contributed by atoms with van der Waals surface area (Å²) in [5.41, 5.74) is 1.02. The lowest BCUT2D eigenvalue weighted by molar-refractivity contribution is -0.145. The Morgan fingerprint density at radius 2 is 1.84 bits per heavy atom. The Labute approximate surface area is 153 Å². The van der Waals surface area contributed by atoms with Crippen molar-refractivity contribution in [2.24, 2.45) is 0 Å². The van der Waals surface area contributed by atoms with E-state index < -0.39 is 6.04 Å². The molecule has 2 aliphatic rings. The van der Waals surface area contributed by atoms with E-state index in [9.17, 15) is 9.59 Å². The van der Waals surface area contributed by atoms with Crippen LogP contribution in [0.1, 0.15) is 17.9 Å². The van der Waals surface area contributed by atoms with Gasteiger partial charge in [0.1, 0.15) is 17.2 Å². The fourth-order valence-electron chi connectivity index (χ4n) is 3.29. The number of ether oxygens (including phenoxy) is 1. The van der Waals surface area contributed by atoms with E-state index in [4.69, 9.17) is 4.74 Å². The lowest BCUT2D eigenvalue weighted by Gasteiger charge is -2.37. The standard InChI is InChI=1S/C18H25N3O3S/c1-13(17(23)20-10-8-19(2)9-11-20)21-16(22)12-25-18(21)14-4-6-15(24-3)7-5-14/h4-7,13,18H,8-12H2,1-3H3. The lowest BCUT2D eigenvalue weighted by Crippen LogP contribution is -2.54. The molecule has 3 rings (SSSR count). The lowest BCUT2D eigenvalue weighted by atomic mass is 10.1. The summed E-state index contributed by atoms with van der Waals surface area (Å²) in [4.78, 5) is 31.2. The van der Waals surface area contributed by atoms with Gasteiger partial charge in [0.15, 0.2) is 0 Å². The first-order valence-corrected chi connectivity index (χ1v) is 9.60. The second-order valence-corrected chi connectivity index (χ2v) is 7.61. The first kappa shape index (κ1) is 18.1. The topological polar surface area (TPSA) is 53.1 Å². The molecule has 25 heavy (non-hydrogen) atoms. The van der Waals surface area contributed by atoms with Crippen LogP contribution < -0.4 is 4.74 Å². The summed E-state index contributed by atoms with van der Waals surface area (Å²) in [7, 11) is 3.69. The number of hydrogen-bond acceptors (Lipinski definition) is 5. The number of nitrogens with zero attached hydrogens (tertiary/aromatic N) is 3. The molecule has 0 saturated carbocycles. The highest BCUT2D eigenvalue weighted by Crippen LogP contribution is 2.40. The molecule has 136 valence electrons. The molecule has 2 amide bonds. The van der Waals surface area contributed by atoms with Gasteiger partial charge in [-0.3, -0.25) is 9.59 Å². The summed E-state index contributed by atoms with van der Waals surface area (Å²) in [5.74, 6) is 1.27. The van der Waals surface area contributed by atoms with E-state index in [1.807, 2.05) is 36.1 Å². The van der Waals surface area contributed by atoms with Crippen molar-refractivity contribution in [2.45, 2.75) is 18.3 Å². The van der Waals surface area contributed by atoms with Crippen molar-refractivity contribution >= 4 is 23.6 Å². The van der Waals surface area contributed by atoms with Crippen molar-refractivity contribution in [1.82, 2.24) is 14.7 Å². The van der Waals surface area contributed by atoms with Gasteiger partial charge in [-0.2, -0.15) is 0 Å². The van der Waals surface area contributed by atoms with Crippen molar-refractivity contribution in [3.05, 3.63) is 29.8 Å². The molecule has 6 nitrogen and oxygen atoms in total. The second-order valence-electron chi connectivity index (χ2n) is 6.54. The molecule has 2 saturated heterocycles. The highest BCUT2D eigenvalue weighted by molar-refractivity contribution is 8.00. The number of carbonyl (C=O) groups is 2. The van der Waals surface area contributed by atoms with Crippen LogP contribution >= 0.6 is 11.8 Å². The summed E-state index contributed by atoms with van der Waals surface area (Å²) < 4.78 is 5.20. The molecule has 2 atom stereocenters. The van der Waals surface area contributed by atoms with E-state index in [1.165, 1.54) is 0 Å². The third-order valence-corrected chi connectivity index (χ3v) is 6.12. The zero-order valence-corrected chi connectivity index (χ0v) is 15.8. The zero-order chi connectivity index (χ0) is 18.0. The highest BCUT2D eigenvalue weighted by atomic mass is 32.2. The predicted molar refractivity (Wildman–Crippen MR) is 98.6 cm³/mol. The van der Waals surface area contributed by atoms with Crippen molar-refractivity contribution in [3.63, 3.8) is 0 Å². The van der Waals surface area contributed by atoms with Gasteiger partial charge in [-0.05, 0) is 31.7 Å². The zero-order valence-electron chi connectivity index (χ0n) is 15.0. The Hall–Kier alpha value is -1.73. The minimum absolute atomic E-state index is 0.0285. The highest BCUT2D eigenvalue weighted by Gasteiger charge is 2.40. The third-order valence-electron chi connectivity index (χ3n) is 4.90. The van der Waals surface area contributed by atoms with Crippen LogP contribution in [0.5, 0.6) is 5.75 Å². The number of amides is 2. The van der Waals surface area contributed by atoms with E-state index in [0.29, 0.717) is 5.75 Å². The first-order chi connectivity index (χ1) is 12.0. The largest absolute Gasteiger partial charge is 0.497 e. The van der Waals surface area contributed by atoms with Crippen molar-refractivity contribution in [3.8, 4) is 5.75 Å². The summed E-state index contributed by atoms with van der Waals surface area (Å²) in [5, 5.41) is -0.121. The Kier molecular flexibility index (Phi) is 5.54. The smallest absolute Gasteiger partial charge is 0.245 e. The Bertz CT molecular complexity index is 629. The Morgan fingerprint density at radius 1 is 1.20 bits per heavy atom. The van der Waals surface area contributed by atoms with Gasteiger partial charge in [-0.1, -0.05) is 12.1 Å². The molecule has 2 aliphatic heterocycles. The predicted octanol–water partition coefficient (Wildman–Crippen LogP) is 1.43. The molecule has 0 N–H and O–H groups in total. The molecular formula is C18H25N3O3S. The number of hydrogen-bond donors (Lipinski definition) is 0. The Morgan fingerprint density at radius 3 is 2.44 bits per heavy atom. The number of likely N-dealkylation sites (N-methyl/N-ethyl adjacent to an activating group) is 1. The van der Waals surface area contributed by atoms with Gasteiger partial charge < -0.3 is 19.4 Å². The van der Waals surface area contributed by atoms with E-state index in [1.54, 1.807) is 23.8 Å². The van der Waals surface area contributed by atoms with Gasteiger partial charge >= 0.3 is 0 Å². The molecule has 2 fully saturated rings. The Balaban J connectivity index is 1.75. The van der Waals surface area contributed by atoms with Gasteiger partial charge in [0.2, 0.25) is 11.8 Å². The van der Waals surface area contributed by atoms with Crippen LogP contribution in [-0.2, 0) is 9.59 Å². The summed E-state index contributed by atoms with van der Waals surface area (Å²) >= 11 is 1.57. The van der Waals surface area contributed by atoms with Gasteiger partial charge in [0.05, 0.1) is 12.9 Å². The number of carbonyl (C=O) groups excluding carboxylic acids is 2. The summed E-state index contributed by atoms with van der Waals surface area (Å²) in [6.45, 7) is 5.05. The maximum absolute atomic E-state index is 12.9. The monoisotopic (exact) mass is 363 g/mol. The van der Waals surface area contributed by atoms with Crippen molar-refractivity contribution in [2.75, 3.05) is 46.1 Å². The van der Waals surface area contributed by atoms with Gasteiger partial charge in [-0.25, -0.2) is 0 Å². The number of thioether (sulfide) groups is 1. The average Bonchev–Trinajstić information content (AvgIpc) is 3.02. The molecule has 2 unspecified atom stereocenters. The SMILES string of the molecule is COc1ccc(C2SCC(=O)N2C(C)C(=O)N2CCN(C)CC2)cc1. The molecule has 0 aromatic heterocycles. The fraction of sp³-hybridized carbons (Fsp3) is 0.556. The van der Waals surface area contributed by atoms with E-state index in [0.717, 1.165) is 37.5 Å². The molecular weight excluding hydrogens is 338 g/mol. The van der Waals surface area contributed by atoms with Crippen molar-refractivity contribution in [1.29, 1.82) is 0 Å². The van der Waals surface area contributed by atoms with Gasteiger partial charge in [0, 0.05) is 26.2 Å². The number of methoxy groups -OCH3 is 1. The van der Waals surface area contributed by atoms with Gasteiger partial charge in [0.25, 0.3) is 0 Å². The second kappa shape index (κ2) is 7.66. The maximum Gasteiger partial charge on any atom is 0.245 e.